The molecule has 6 rings (SSSR count). The van der Waals surface area contributed by atoms with Gasteiger partial charge < -0.3 is 18.8 Å². The highest BCUT2D eigenvalue weighted by molar-refractivity contribution is 6.09. The quantitative estimate of drug-likeness (QED) is 0.397. The fourth-order valence-corrected chi connectivity index (χ4v) is 4.70. The second-order valence-corrected chi connectivity index (χ2v) is 9.46. The number of ether oxygens (including phenoxy) is 2. The van der Waals surface area contributed by atoms with Crippen LogP contribution in [0.3, 0.4) is 0 Å². The smallest absolute Gasteiger partial charge is 0.205 e. The second-order valence-electron chi connectivity index (χ2n) is 9.46. The highest BCUT2D eigenvalue weighted by atomic mass is 16.5. The molecule has 5 heterocycles. The lowest BCUT2D eigenvalue weighted by atomic mass is 9.98. The molecule has 36 heavy (non-hydrogen) atoms. The van der Waals surface area contributed by atoms with Crippen LogP contribution in [0.25, 0.3) is 11.1 Å². The average molecular weight is 489 g/mol. The Morgan fingerprint density at radius 3 is 2.69 bits per heavy atom. The van der Waals surface area contributed by atoms with Gasteiger partial charge in [-0.3, -0.25) is 14.6 Å². The predicted octanol–water partition coefficient (Wildman–Crippen LogP) is 3.34. The lowest BCUT2D eigenvalue weighted by Crippen LogP contribution is -2.37. The molecule has 3 aliphatic heterocycles. The van der Waals surface area contributed by atoms with Crippen LogP contribution in [0.1, 0.15) is 34.1 Å². The van der Waals surface area contributed by atoms with Gasteiger partial charge in [0.15, 0.2) is 11.3 Å². The van der Waals surface area contributed by atoms with Crippen molar-refractivity contribution in [1.29, 1.82) is 0 Å². The highest BCUT2D eigenvalue weighted by Gasteiger charge is 2.30. The van der Waals surface area contributed by atoms with Gasteiger partial charge in [-0.1, -0.05) is 29.8 Å². The first kappa shape index (κ1) is 22.9. The molecule has 2 aromatic heterocycles. The first-order valence-corrected chi connectivity index (χ1v) is 12.3. The Hall–Kier alpha value is -3.53. The van der Waals surface area contributed by atoms with Crippen molar-refractivity contribution >= 4 is 34.2 Å². The number of furan rings is 1. The summed E-state index contributed by atoms with van der Waals surface area (Å²) in [5.74, 6) is 0.208. The molecule has 0 spiro atoms. The van der Waals surface area contributed by atoms with Gasteiger partial charge in [-0.05, 0) is 18.6 Å². The number of hydrazine groups is 1. The minimum absolute atomic E-state index is 0.0252. The number of aromatic nitrogens is 1. The summed E-state index contributed by atoms with van der Waals surface area (Å²) < 4.78 is 16.7. The Bertz CT molecular complexity index is 1340. The van der Waals surface area contributed by atoms with Crippen LogP contribution in [0.15, 0.2) is 53.1 Å². The molecule has 2 saturated heterocycles. The van der Waals surface area contributed by atoms with Gasteiger partial charge >= 0.3 is 0 Å². The molecule has 0 amide bonds. The molecule has 0 aliphatic carbocycles. The number of nitrogens with zero attached hydrogens (tertiary/aromatic N) is 3. The van der Waals surface area contributed by atoms with E-state index < -0.39 is 0 Å². The zero-order valence-corrected chi connectivity index (χ0v) is 20.1. The molecule has 3 aliphatic rings. The van der Waals surface area contributed by atoms with Gasteiger partial charge in [-0.15, -0.1) is 0 Å². The van der Waals surface area contributed by atoms with Crippen molar-refractivity contribution in [2.24, 2.45) is 5.92 Å². The second kappa shape index (κ2) is 9.50. The number of morpholine rings is 1. The number of benzene rings is 1. The Morgan fingerprint density at radius 1 is 1.11 bits per heavy atom. The standard InChI is InChI=1S/C27H28N4O5/c1-17-3-2-4-18(11-17)20-5-6-31(29-20)26-13-22(30-7-9-34-10-8-30)27-21(28-26)12-25(36-27)24(33)14-23(32)19-15-35-16-19/h2-6,11-13,19-20,29H,7-10,14-16H2,1H3. The third-order valence-corrected chi connectivity index (χ3v) is 6.85. The molecule has 1 unspecified atom stereocenters. The molecule has 2 fully saturated rings. The molecule has 0 saturated carbocycles. The monoisotopic (exact) mass is 488 g/mol. The van der Waals surface area contributed by atoms with Gasteiger partial charge in [0.05, 0.1) is 50.5 Å². The van der Waals surface area contributed by atoms with Crippen LogP contribution in [0.4, 0.5) is 11.5 Å². The molecule has 1 atom stereocenters. The van der Waals surface area contributed by atoms with Crippen molar-refractivity contribution < 1.29 is 23.5 Å². The van der Waals surface area contributed by atoms with E-state index in [1.807, 2.05) is 17.3 Å². The topological polar surface area (TPSA) is 97.1 Å². The van der Waals surface area contributed by atoms with Gasteiger partial charge in [0.25, 0.3) is 0 Å². The van der Waals surface area contributed by atoms with E-state index in [1.165, 1.54) is 11.1 Å². The van der Waals surface area contributed by atoms with Gasteiger partial charge in [0, 0.05) is 31.4 Å². The molecule has 0 bridgehead atoms. The predicted molar refractivity (Wildman–Crippen MR) is 134 cm³/mol. The number of pyridine rings is 1. The molecule has 0 radical (unpaired) electrons. The fourth-order valence-electron chi connectivity index (χ4n) is 4.70. The van der Waals surface area contributed by atoms with E-state index in [2.05, 4.69) is 47.6 Å². The van der Waals surface area contributed by atoms with Crippen molar-refractivity contribution in [1.82, 2.24) is 10.4 Å². The maximum absolute atomic E-state index is 12.9. The zero-order valence-electron chi connectivity index (χ0n) is 20.1. The number of hydrogen-bond acceptors (Lipinski definition) is 9. The lowest BCUT2D eigenvalue weighted by molar-refractivity contribution is -0.135. The van der Waals surface area contributed by atoms with Crippen molar-refractivity contribution in [3.63, 3.8) is 0 Å². The zero-order chi connectivity index (χ0) is 24.6. The minimum atomic E-state index is -0.335. The van der Waals surface area contributed by atoms with Crippen LogP contribution in [0, 0.1) is 12.8 Å². The number of ketones is 2. The van der Waals surface area contributed by atoms with Crippen molar-refractivity contribution in [2.75, 3.05) is 49.4 Å². The Kier molecular flexibility index (Phi) is 6.04. The van der Waals surface area contributed by atoms with E-state index in [1.54, 1.807) is 6.07 Å². The summed E-state index contributed by atoms with van der Waals surface area (Å²) >= 11 is 0. The maximum Gasteiger partial charge on any atom is 0.205 e. The van der Waals surface area contributed by atoms with Crippen LogP contribution in [-0.2, 0) is 14.3 Å². The van der Waals surface area contributed by atoms with Gasteiger partial charge in [0.1, 0.15) is 17.1 Å². The van der Waals surface area contributed by atoms with Crippen molar-refractivity contribution in [3.8, 4) is 0 Å². The molecular weight excluding hydrogens is 460 g/mol. The van der Waals surface area contributed by atoms with Crippen LogP contribution < -0.4 is 15.3 Å². The van der Waals surface area contributed by atoms with Crippen LogP contribution in [-0.4, -0.2) is 56.1 Å². The molecule has 1 N–H and O–H groups in total. The number of hydrogen-bond donors (Lipinski definition) is 1. The van der Waals surface area contributed by atoms with Crippen LogP contribution >= 0.6 is 0 Å². The number of aryl methyl sites for hydroxylation is 1. The number of rotatable bonds is 7. The van der Waals surface area contributed by atoms with Crippen LogP contribution in [0.5, 0.6) is 0 Å². The molecule has 9 nitrogen and oxygen atoms in total. The molecule has 1 aromatic carbocycles. The summed E-state index contributed by atoms with van der Waals surface area (Å²) in [6.45, 7) is 5.49. The summed E-state index contributed by atoms with van der Waals surface area (Å²) in [6, 6.07) is 12.0. The van der Waals surface area contributed by atoms with Crippen LogP contribution in [0.2, 0.25) is 0 Å². The molecule has 3 aromatic rings. The number of Topliss-reactive ketones (excluding diaryl/α,β-unsaturated/α-hetero) is 2. The van der Waals surface area contributed by atoms with E-state index in [4.69, 9.17) is 18.9 Å². The van der Waals surface area contributed by atoms with Crippen molar-refractivity contribution in [2.45, 2.75) is 19.4 Å². The third kappa shape index (κ3) is 4.41. The Morgan fingerprint density at radius 2 is 1.94 bits per heavy atom. The summed E-state index contributed by atoms with van der Waals surface area (Å²) in [5, 5.41) is 1.89. The van der Waals surface area contributed by atoms with E-state index in [-0.39, 0.29) is 35.7 Å². The molecule has 9 heteroatoms. The summed E-state index contributed by atoms with van der Waals surface area (Å²) in [7, 11) is 0. The SMILES string of the molecule is Cc1cccc(C2C=CN(c3cc(N4CCOCC4)c4oc(C(=O)CC(=O)C5COC5)cc4n3)N2)c1. The van der Waals surface area contributed by atoms with E-state index in [0.29, 0.717) is 56.4 Å². The summed E-state index contributed by atoms with van der Waals surface area (Å²) in [6.07, 6.45) is 3.87. The lowest BCUT2D eigenvalue weighted by Gasteiger charge is -2.29. The number of carbonyl (C=O) groups excluding carboxylic acids is 2. The number of nitrogens with one attached hydrogen (secondary N) is 1. The number of anilines is 2. The van der Waals surface area contributed by atoms with E-state index >= 15 is 0 Å². The maximum atomic E-state index is 12.9. The van der Waals surface area contributed by atoms with Gasteiger partial charge in [-0.25, -0.2) is 10.4 Å². The first-order valence-electron chi connectivity index (χ1n) is 12.3. The molecule has 186 valence electrons. The highest BCUT2D eigenvalue weighted by Crippen LogP contribution is 2.35. The van der Waals surface area contributed by atoms with Gasteiger partial charge in [0.2, 0.25) is 5.78 Å². The summed E-state index contributed by atoms with van der Waals surface area (Å²) in [5.41, 5.74) is 7.83. The number of fused-ring (bicyclic) bond motifs is 1. The summed E-state index contributed by atoms with van der Waals surface area (Å²) in [4.78, 5) is 32.2. The van der Waals surface area contributed by atoms with E-state index in [9.17, 15) is 9.59 Å². The van der Waals surface area contributed by atoms with Gasteiger partial charge in [-0.2, -0.15) is 0 Å². The average Bonchev–Trinajstić information content (AvgIpc) is 3.50. The van der Waals surface area contributed by atoms with Crippen molar-refractivity contribution in [3.05, 3.63) is 65.6 Å². The largest absolute Gasteiger partial charge is 0.449 e. The Balaban J connectivity index is 1.31. The molecular formula is C27H28N4O5. The normalized spacial score (nSPS) is 20.2. The minimum Gasteiger partial charge on any atom is -0.449 e. The Labute approximate surface area is 208 Å². The first-order chi connectivity index (χ1) is 17.5. The third-order valence-electron chi connectivity index (χ3n) is 6.85. The number of carbonyl (C=O) groups is 2. The van der Waals surface area contributed by atoms with E-state index in [0.717, 1.165) is 5.69 Å². The fraction of sp³-hybridized carbons (Fsp3) is 0.370.